The van der Waals surface area contributed by atoms with Crippen molar-refractivity contribution >= 4 is 29.1 Å². The summed E-state index contributed by atoms with van der Waals surface area (Å²) in [6.07, 6.45) is 15.6. The number of aromatic nitrogens is 2. The van der Waals surface area contributed by atoms with E-state index in [9.17, 15) is 19.2 Å². The summed E-state index contributed by atoms with van der Waals surface area (Å²) in [5, 5.41) is 2.63. The Morgan fingerprint density at radius 3 is 2.37 bits per heavy atom. The number of aldehydes is 1. The number of carbonyl (C=O) groups excluding carboxylic acids is 3. The van der Waals surface area contributed by atoms with Crippen LogP contribution in [0.2, 0.25) is 0 Å². The van der Waals surface area contributed by atoms with Crippen molar-refractivity contribution in [3.05, 3.63) is 34.2 Å². The quantitative estimate of drug-likeness (QED) is 0.196. The maximum atomic E-state index is 13.0. The minimum absolute atomic E-state index is 0.217. The van der Waals surface area contributed by atoms with Gasteiger partial charge in [-0.05, 0) is 74.5 Å². The molecule has 2 amide bonds. The Labute approximate surface area is 245 Å². The Morgan fingerprint density at radius 1 is 1.02 bits per heavy atom. The monoisotopic (exact) mass is 568 g/mol. The number of fused-ring (bicyclic) bond motifs is 1. The number of likely N-dealkylation sites (N-methyl/N-ethyl adjacent to an activating group) is 1. The van der Waals surface area contributed by atoms with E-state index in [-0.39, 0.29) is 24.4 Å². The number of hydrogen-bond acceptors (Lipinski definition) is 4. The van der Waals surface area contributed by atoms with Crippen LogP contribution >= 0.6 is 0 Å². The van der Waals surface area contributed by atoms with Gasteiger partial charge in [0.2, 0.25) is 11.8 Å². The lowest BCUT2D eigenvalue weighted by atomic mass is 9.75. The van der Waals surface area contributed by atoms with Gasteiger partial charge in [-0.2, -0.15) is 0 Å². The van der Waals surface area contributed by atoms with E-state index in [0.717, 1.165) is 81.8 Å². The molecule has 8 nitrogen and oxygen atoms in total. The number of aryl methyl sites for hydroxylation is 2. The number of unbranched alkanes of at least 4 members (excludes halogenated alkanes) is 6. The summed E-state index contributed by atoms with van der Waals surface area (Å²) in [4.78, 5) is 51.4. The fraction of sp³-hybridized carbons (Fsp3) is 0.697. The van der Waals surface area contributed by atoms with E-state index in [1.54, 1.807) is 18.7 Å². The number of hydrogen-bond donors (Lipinski definition) is 1. The molecule has 1 aliphatic rings. The second kappa shape index (κ2) is 15.9. The van der Waals surface area contributed by atoms with Gasteiger partial charge in [-0.15, -0.1) is 0 Å². The molecule has 1 aromatic heterocycles. The van der Waals surface area contributed by atoms with E-state index < -0.39 is 6.04 Å². The smallest absolute Gasteiger partial charge is 0.329 e. The van der Waals surface area contributed by atoms with Gasteiger partial charge in [-0.3, -0.25) is 18.7 Å². The molecule has 1 aliphatic heterocycles. The molecule has 1 N–H and O–H groups in total. The molecule has 0 spiro atoms. The minimum Gasteiger partial charge on any atom is -0.357 e. The summed E-state index contributed by atoms with van der Waals surface area (Å²) < 4.78 is 3.11. The molecule has 228 valence electrons. The Morgan fingerprint density at radius 2 is 1.71 bits per heavy atom. The van der Waals surface area contributed by atoms with Gasteiger partial charge in [0.1, 0.15) is 12.3 Å². The Bertz CT molecular complexity index is 1210. The van der Waals surface area contributed by atoms with Crippen molar-refractivity contribution in [1.82, 2.24) is 19.4 Å². The number of nitrogens with zero attached hydrogens (tertiary/aromatic N) is 3. The highest BCUT2D eigenvalue weighted by Crippen LogP contribution is 2.36. The maximum absolute atomic E-state index is 13.0. The first kappa shape index (κ1) is 32.6. The molecule has 1 aromatic carbocycles. The van der Waals surface area contributed by atoms with Crippen molar-refractivity contribution in [2.24, 2.45) is 12.5 Å². The van der Waals surface area contributed by atoms with Crippen molar-refractivity contribution < 1.29 is 14.4 Å². The molecule has 0 bridgehead atoms. The molecule has 1 atom stereocenters. The zero-order chi connectivity index (χ0) is 29.8. The molecule has 0 aliphatic carbocycles. The zero-order valence-electron chi connectivity index (χ0n) is 25.9. The summed E-state index contributed by atoms with van der Waals surface area (Å²) in [5.41, 5.74) is 2.80. The highest BCUT2D eigenvalue weighted by atomic mass is 16.2. The molecule has 0 radical (unpaired) electrons. The van der Waals surface area contributed by atoms with Gasteiger partial charge < -0.3 is 15.0 Å². The zero-order valence-corrected chi connectivity index (χ0v) is 25.9. The summed E-state index contributed by atoms with van der Waals surface area (Å²) in [5.74, 6) is 0.0834. The van der Waals surface area contributed by atoms with Gasteiger partial charge in [0.25, 0.3) is 0 Å². The number of imidazole rings is 1. The van der Waals surface area contributed by atoms with Crippen molar-refractivity contribution in [2.45, 2.75) is 116 Å². The second-order valence-electron chi connectivity index (χ2n) is 12.0. The number of nitrogens with one attached hydrogen (secondary N) is 1. The molecule has 0 saturated carbocycles. The topological polar surface area (TPSA) is 93.4 Å². The predicted molar refractivity (Wildman–Crippen MR) is 165 cm³/mol. The van der Waals surface area contributed by atoms with Gasteiger partial charge in [-0.1, -0.05) is 52.0 Å². The molecule has 2 aromatic rings. The molecule has 8 heteroatoms. The van der Waals surface area contributed by atoms with Crippen LogP contribution in [-0.2, 0) is 27.9 Å². The Kier molecular flexibility index (Phi) is 12.7. The molecule has 1 unspecified atom stereocenters. The van der Waals surface area contributed by atoms with Gasteiger partial charge >= 0.3 is 5.69 Å². The number of rotatable bonds is 17. The van der Waals surface area contributed by atoms with Crippen molar-refractivity contribution in [3.8, 4) is 0 Å². The third kappa shape index (κ3) is 8.32. The third-order valence-corrected chi connectivity index (χ3v) is 9.44. The second-order valence-corrected chi connectivity index (χ2v) is 12.0. The van der Waals surface area contributed by atoms with Crippen LogP contribution < -0.4 is 11.0 Å². The van der Waals surface area contributed by atoms with E-state index in [1.165, 1.54) is 35.8 Å². The fourth-order valence-electron chi connectivity index (χ4n) is 6.53. The predicted octanol–water partition coefficient (Wildman–Crippen LogP) is 5.70. The molecule has 2 heterocycles. The molecular weight excluding hydrogens is 516 g/mol. The van der Waals surface area contributed by atoms with Crippen molar-refractivity contribution in [1.29, 1.82) is 0 Å². The number of likely N-dealkylation sites (tertiary alicyclic amines) is 1. The number of piperidine rings is 1. The normalized spacial score (nSPS) is 15.7. The summed E-state index contributed by atoms with van der Waals surface area (Å²) in [6, 6.07) is 5.32. The van der Waals surface area contributed by atoms with Gasteiger partial charge in [0, 0.05) is 40.0 Å². The highest BCUT2D eigenvalue weighted by molar-refractivity contribution is 5.84. The molecule has 3 rings (SSSR count). The fourth-order valence-corrected chi connectivity index (χ4v) is 6.53. The van der Waals surface area contributed by atoms with Crippen LogP contribution in [0.15, 0.2) is 23.0 Å². The number of amides is 2. The highest BCUT2D eigenvalue weighted by Gasteiger charge is 2.33. The van der Waals surface area contributed by atoms with E-state index in [1.807, 2.05) is 12.1 Å². The van der Waals surface area contributed by atoms with Crippen LogP contribution in [0.25, 0.3) is 11.0 Å². The van der Waals surface area contributed by atoms with Crippen LogP contribution in [0, 0.1) is 5.41 Å². The minimum atomic E-state index is -0.711. The van der Waals surface area contributed by atoms with Crippen LogP contribution in [0.5, 0.6) is 0 Å². The van der Waals surface area contributed by atoms with Crippen molar-refractivity contribution in [2.75, 3.05) is 20.1 Å². The summed E-state index contributed by atoms with van der Waals surface area (Å²) in [6.45, 7) is 6.42. The van der Waals surface area contributed by atoms with Gasteiger partial charge in [0.15, 0.2) is 0 Å². The molecule has 1 fully saturated rings. The number of benzene rings is 1. The lowest BCUT2D eigenvalue weighted by molar-refractivity contribution is -0.135. The van der Waals surface area contributed by atoms with E-state index in [0.29, 0.717) is 17.7 Å². The lowest BCUT2D eigenvalue weighted by Crippen LogP contribution is -2.45. The molecule has 1 saturated heterocycles. The van der Waals surface area contributed by atoms with Crippen LogP contribution in [0.3, 0.4) is 0 Å². The maximum Gasteiger partial charge on any atom is 0.329 e. The lowest BCUT2D eigenvalue weighted by Gasteiger charge is -2.42. The van der Waals surface area contributed by atoms with Gasteiger partial charge in [0.05, 0.1) is 11.0 Å². The Hall–Kier alpha value is -2.90. The van der Waals surface area contributed by atoms with E-state index in [2.05, 4.69) is 30.1 Å². The average molecular weight is 569 g/mol. The van der Waals surface area contributed by atoms with E-state index >= 15 is 0 Å². The third-order valence-electron chi connectivity index (χ3n) is 9.44. The Balaban J connectivity index is 1.39. The molecular formula is C33H52N4O4. The molecule has 41 heavy (non-hydrogen) atoms. The van der Waals surface area contributed by atoms with Crippen LogP contribution in [0.1, 0.15) is 115 Å². The average Bonchev–Trinajstić information content (AvgIpc) is 3.24. The SMILES string of the molecule is CCC1(CC)CCCN(C(=O)CCCCCCCCCc2ccc3c(c2)n(C)c(=O)n3C(CCC=O)C(=O)NC)C1. The first-order chi connectivity index (χ1) is 19.8. The van der Waals surface area contributed by atoms with E-state index in [4.69, 9.17) is 0 Å². The van der Waals surface area contributed by atoms with Gasteiger partial charge in [-0.25, -0.2) is 4.79 Å². The standard InChI is InChI=1S/C33H52N4O4/c1-5-33(6-2)21-15-22-36(25-33)30(39)18-13-11-9-7-8-10-12-16-26-19-20-27-29(24-26)35(4)32(41)37(27)28(17-14-23-38)31(40)34-3/h19-20,23-24,28H,5-18,21-22,25H2,1-4H3,(H,34,40). The number of carbonyl (C=O) groups is 3. The summed E-state index contributed by atoms with van der Waals surface area (Å²) in [7, 11) is 3.28. The van der Waals surface area contributed by atoms with Crippen LogP contribution in [0.4, 0.5) is 0 Å². The first-order valence-corrected chi connectivity index (χ1v) is 15.9. The van der Waals surface area contributed by atoms with Crippen molar-refractivity contribution in [3.63, 3.8) is 0 Å². The first-order valence-electron chi connectivity index (χ1n) is 15.9. The largest absolute Gasteiger partial charge is 0.357 e. The summed E-state index contributed by atoms with van der Waals surface area (Å²) >= 11 is 0. The van der Waals surface area contributed by atoms with Crippen LogP contribution in [-0.4, -0.2) is 52.3 Å².